The molecule has 0 aliphatic heterocycles. The molecule has 3 heteroatoms. The number of allylic oxidation sites excluding steroid dienone is 1. The standard InChI is InChI=1S/C5H6O3/c6-3-1-2-4-8-5-7/h1-3,5H,4H2/b2-1+. The van der Waals surface area contributed by atoms with Crippen LogP contribution in [0.2, 0.25) is 0 Å². The lowest BCUT2D eigenvalue weighted by atomic mass is 10.5. The molecule has 0 bridgehead atoms. The van der Waals surface area contributed by atoms with E-state index in [4.69, 9.17) is 0 Å². The Balaban J connectivity index is 3.02. The highest BCUT2D eigenvalue weighted by molar-refractivity contribution is 5.64. The zero-order chi connectivity index (χ0) is 6.24. The van der Waals surface area contributed by atoms with Crippen LogP contribution in [-0.4, -0.2) is 19.4 Å². The molecular weight excluding hydrogens is 108 g/mol. The summed E-state index contributed by atoms with van der Waals surface area (Å²) in [5.74, 6) is 0. The molecular formula is C5H6O3. The van der Waals surface area contributed by atoms with Crippen molar-refractivity contribution in [1.82, 2.24) is 0 Å². The summed E-state index contributed by atoms with van der Waals surface area (Å²) < 4.78 is 4.21. The van der Waals surface area contributed by atoms with E-state index in [-0.39, 0.29) is 6.61 Å². The average molecular weight is 114 g/mol. The van der Waals surface area contributed by atoms with Crippen molar-refractivity contribution < 1.29 is 14.3 Å². The lowest BCUT2D eigenvalue weighted by Gasteiger charge is -1.83. The molecule has 0 N–H and O–H groups in total. The number of carbonyl (C=O) groups is 2. The lowest BCUT2D eigenvalue weighted by molar-refractivity contribution is -0.127. The molecule has 0 fully saturated rings. The minimum absolute atomic E-state index is 0.169. The van der Waals surface area contributed by atoms with Gasteiger partial charge in [0.05, 0.1) is 0 Å². The molecule has 3 nitrogen and oxygen atoms in total. The number of ether oxygens (including phenoxy) is 1. The maximum absolute atomic E-state index is 9.54. The van der Waals surface area contributed by atoms with Crippen LogP contribution in [0.5, 0.6) is 0 Å². The molecule has 0 radical (unpaired) electrons. The van der Waals surface area contributed by atoms with Crippen molar-refractivity contribution in [2.75, 3.05) is 6.61 Å². The number of carbonyl (C=O) groups excluding carboxylic acids is 2. The molecule has 0 aromatic heterocycles. The van der Waals surface area contributed by atoms with Crippen molar-refractivity contribution in [3.05, 3.63) is 12.2 Å². The van der Waals surface area contributed by atoms with Gasteiger partial charge in [-0.15, -0.1) is 0 Å². The molecule has 44 valence electrons. The van der Waals surface area contributed by atoms with Gasteiger partial charge in [-0.05, 0) is 12.2 Å². The summed E-state index contributed by atoms with van der Waals surface area (Å²) in [6.45, 7) is 0.497. The Labute approximate surface area is 46.9 Å². The molecule has 0 saturated heterocycles. The van der Waals surface area contributed by atoms with Gasteiger partial charge in [0.15, 0.2) is 0 Å². The Morgan fingerprint density at radius 3 is 2.62 bits per heavy atom. The molecule has 0 rings (SSSR count). The third kappa shape index (κ3) is 4.88. The second-order valence-corrected chi connectivity index (χ2v) is 0.994. The molecule has 8 heavy (non-hydrogen) atoms. The van der Waals surface area contributed by atoms with Crippen molar-refractivity contribution >= 4 is 12.8 Å². The van der Waals surface area contributed by atoms with Gasteiger partial charge in [-0.2, -0.15) is 0 Å². The van der Waals surface area contributed by atoms with E-state index in [1.807, 2.05) is 0 Å². The fourth-order valence-corrected chi connectivity index (χ4v) is 0.206. The number of hydrogen-bond acceptors (Lipinski definition) is 3. The summed E-state index contributed by atoms with van der Waals surface area (Å²) in [5.41, 5.74) is 0. The Morgan fingerprint density at radius 1 is 1.38 bits per heavy atom. The van der Waals surface area contributed by atoms with Crippen LogP contribution < -0.4 is 0 Å². The van der Waals surface area contributed by atoms with Gasteiger partial charge in [-0.3, -0.25) is 9.59 Å². The molecule has 0 atom stereocenters. The van der Waals surface area contributed by atoms with Gasteiger partial charge in [0.2, 0.25) is 0 Å². The quantitative estimate of drug-likeness (QED) is 0.291. The van der Waals surface area contributed by atoms with Gasteiger partial charge < -0.3 is 4.74 Å². The summed E-state index contributed by atoms with van der Waals surface area (Å²) in [4.78, 5) is 19.0. The molecule has 0 heterocycles. The van der Waals surface area contributed by atoms with Gasteiger partial charge in [-0.25, -0.2) is 0 Å². The van der Waals surface area contributed by atoms with E-state index in [0.29, 0.717) is 12.8 Å². The van der Waals surface area contributed by atoms with Gasteiger partial charge >= 0.3 is 0 Å². The average Bonchev–Trinajstić information content (AvgIpc) is 1.81. The highest BCUT2D eigenvalue weighted by Crippen LogP contribution is 1.68. The predicted octanol–water partition coefficient (Wildman–Crippen LogP) is -0.0855. The first kappa shape index (κ1) is 6.88. The Kier molecular flexibility index (Phi) is 5.06. The van der Waals surface area contributed by atoms with Gasteiger partial charge in [0.1, 0.15) is 12.9 Å². The summed E-state index contributed by atoms with van der Waals surface area (Å²) in [6, 6.07) is 0. The molecule has 0 aliphatic rings. The van der Waals surface area contributed by atoms with E-state index in [1.165, 1.54) is 12.2 Å². The van der Waals surface area contributed by atoms with Crippen molar-refractivity contribution in [3.63, 3.8) is 0 Å². The zero-order valence-electron chi connectivity index (χ0n) is 4.24. The Morgan fingerprint density at radius 2 is 2.12 bits per heavy atom. The lowest BCUT2D eigenvalue weighted by Crippen LogP contribution is -1.84. The van der Waals surface area contributed by atoms with Crippen LogP contribution in [0, 0.1) is 0 Å². The summed E-state index contributed by atoms with van der Waals surface area (Å²) in [7, 11) is 0. The van der Waals surface area contributed by atoms with E-state index in [0.717, 1.165) is 0 Å². The van der Waals surface area contributed by atoms with Crippen LogP contribution in [0.4, 0.5) is 0 Å². The molecule has 0 aromatic rings. The van der Waals surface area contributed by atoms with Crippen molar-refractivity contribution in [2.24, 2.45) is 0 Å². The first-order chi connectivity index (χ1) is 3.91. The van der Waals surface area contributed by atoms with Crippen LogP contribution in [-0.2, 0) is 14.3 Å². The molecule has 0 aliphatic carbocycles. The monoisotopic (exact) mass is 114 g/mol. The summed E-state index contributed by atoms with van der Waals surface area (Å²) in [6.07, 6.45) is 3.33. The fraction of sp³-hybridized carbons (Fsp3) is 0.200. The van der Waals surface area contributed by atoms with E-state index < -0.39 is 0 Å². The predicted molar refractivity (Wildman–Crippen MR) is 27.2 cm³/mol. The van der Waals surface area contributed by atoms with E-state index in [9.17, 15) is 9.59 Å². The normalized spacial score (nSPS) is 9.00. The van der Waals surface area contributed by atoms with Crippen LogP contribution in [0.15, 0.2) is 12.2 Å². The Bertz CT molecular complexity index is 95.8. The number of hydrogen-bond donors (Lipinski definition) is 0. The second-order valence-electron chi connectivity index (χ2n) is 0.994. The summed E-state index contributed by atoms with van der Waals surface area (Å²) >= 11 is 0. The van der Waals surface area contributed by atoms with Gasteiger partial charge in [0, 0.05) is 0 Å². The Hall–Kier alpha value is -1.12. The van der Waals surface area contributed by atoms with Crippen LogP contribution in [0.25, 0.3) is 0 Å². The number of rotatable bonds is 4. The highest BCUT2D eigenvalue weighted by Gasteiger charge is 1.70. The maximum Gasteiger partial charge on any atom is 0.293 e. The van der Waals surface area contributed by atoms with E-state index >= 15 is 0 Å². The van der Waals surface area contributed by atoms with Crippen molar-refractivity contribution in [3.8, 4) is 0 Å². The molecule has 0 amide bonds. The van der Waals surface area contributed by atoms with Crippen molar-refractivity contribution in [1.29, 1.82) is 0 Å². The largest absolute Gasteiger partial charge is 0.464 e. The SMILES string of the molecule is O=C/C=C/COC=O. The van der Waals surface area contributed by atoms with Gasteiger partial charge in [0.25, 0.3) is 6.47 Å². The van der Waals surface area contributed by atoms with Crippen LogP contribution >= 0.6 is 0 Å². The topological polar surface area (TPSA) is 43.4 Å². The number of aldehydes is 1. The first-order valence-corrected chi connectivity index (χ1v) is 2.07. The smallest absolute Gasteiger partial charge is 0.293 e. The second kappa shape index (κ2) is 5.88. The first-order valence-electron chi connectivity index (χ1n) is 2.07. The molecule has 0 spiro atoms. The van der Waals surface area contributed by atoms with Crippen molar-refractivity contribution in [2.45, 2.75) is 0 Å². The van der Waals surface area contributed by atoms with E-state index in [2.05, 4.69) is 4.74 Å². The zero-order valence-corrected chi connectivity index (χ0v) is 4.24. The molecule has 0 aromatic carbocycles. The minimum atomic E-state index is 0.169. The maximum atomic E-state index is 9.54. The van der Waals surface area contributed by atoms with E-state index in [1.54, 1.807) is 0 Å². The van der Waals surface area contributed by atoms with Crippen LogP contribution in [0.3, 0.4) is 0 Å². The van der Waals surface area contributed by atoms with Gasteiger partial charge in [-0.1, -0.05) is 0 Å². The van der Waals surface area contributed by atoms with Crippen LogP contribution in [0.1, 0.15) is 0 Å². The third-order valence-electron chi connectivity index (χ3n) is 0.475. The third-order valence-corrected chi connectivity index (χ3v) is 0.475. The minimum Gasteiger partial charge on any atom is -0.464 e. The molecule has 0 saturated carbocycles. The highest BCUT2D eigenvalue weighted by atomic mass is 16.5. The molecule has 0 unspecified atom stereocenters. The summed E-state index contributed by atoms with van der Waals surface area (Å²) in [5, 5.41) is 0. The fourth-order valence-electron chi connectivity index (χ4n) is 0.206.